The van der Waals surface area contributed by atoms with E-state index in [1.807, 2.05) is 27.0 Å². The predicted octanol–water partition coefficient (Wildman–Crippen LogP) is 3.07. The maximum absolute atomic E-state index is 11.9. The second-order valence-electron chi connectivity index (χ2n) is 6.73. The summed E-state index contributed by atoms with van der Waals surface area (Å²) in [5.74, 6) is 1.65. The van der Waals surface area contributed by atoms with Crippen LogP contribution in [-0.4, -0.2) is 55.2 Å². The Bertz CT molecular complexity index is 674. The lowest BCUT2D eigenvalue weighted by atomic mass is 9.97. The van der Waals surface area contributed by atoms with Crippen LogP contribution in [0.1, 0.15) is 43.5 Å². The molecule has 2 heterocycles. The number of ether oxygens (including phenoxy) is 2. The van der Waals surface area contributed by atoms with E-state index in [1.165, 1.54) is 0 Å². The SMILES string of the molecule is CCNC(=NCc1ncc(C)c(OC)c1C)N1CCC(C(=O)OCC)CC1.I. The van der Waals surface area contributed by atoms with Gasteiger partial charge >= 0.3 is 5.97 Å². The van der Waals surface area contributed by atoms with Crippen molar-refractivity contribution in [2.24, 2.45) is 10.9 Å². The van der Waals surface area contributed by atoms with E-state index in [0.717, 1.165) is 61.0 Å². The first-order chi connectivity index (χ1) is 13.0. The first kappa shape index (κ1) is 24.5. The highest BCUT2D eigenvalue weighted by Gasteiger charge is 2.27. The van der Waals surface area contributed by atoms with Crippen LogP contribution in [-0.2, 0) is 16.1 Å². The van der Waals surface area contributed by atoms with Gasteiger partial charge in [0.25, 0.3) is 0 Å². The van der Waals surface area contributed by atoms with Crippen LogP contribution < -0.4 is 10.1 Å². The Morgan fingerprint density at radius 1 is 1.32 bits per heavy atom. The Kier molecular flexibility index (Phi) is 10.6. The van der Waals surface area contributed by atoms with Crippen LogP contribution in [0.25, 0.3) is 0 Å². The minimum atomic E-state index is -0.0781. The number of pyridine rings is 1. The Morgan fingerprint density at radius 3 is 2.57 bits per heavy atom. The summed E-state index contributed by atoms with van der Waals surface area (Å²) in [4.78, 5) is 23.4. The van der Waals surface area contributed by atoms with Crippen LogP contribution >= 0.6 is 24.0 Å². The van der Waals surface area contributed by atoms with Crippen molar-refractivity contribution in [3.8, 4) is 5.75 Å². The number of halogens is 1. The molecule has 7 nitrogen and oxygen atoms in total. The van der Waals surface area contributed by atoms with E-state index in [4.69, 9.17) is 14.5 Å². The van der Waals surface area contributed by atoms with Gasteiger partial charge in [-0.25, -0.2) is 4.99 Å². The van der Waals surface area contributed by atoms with E-state index in [1.54, 1.807) is 7.11 Å². The average molecular weight is 504 g/mol. The van der Waals surface area contributed by atoms with Gasteiger partial charge in [-0.3, -0.25) is 9.78 Å². The lowest BCUT2D eigenvalue weighted by Gasteiger charge is -2.33. The molecule has 1 aliphatic heterocycles. The molecule has 0 unspecified atom stereocenters. The van der Waals surface area contributed by atoms with Crippen molar-refractivity contribution in [3.63, 3.8) is 0 Å². The Morgan fingerprint density at radius 2 is 2.00 bits per heavy atom. The van der Waals surface area contributed by atoms with Crippen LogP contribution in [0.15, 0.2) is 11.2 Å². The molecule has 0 spiro atoms. The summed E-state index contributed by atoms with van der Waals surface area (Å²) >= 11 is 0. The smallest absolute Gasteiger partial charge is 0.309 e. The van der Waals surface area contributed by atoms with Gasteiger partial charge in [-0.05, 0) is 40.5 Å². The number of hydrogen-bond acceptors (Lipinski definition) is 5. The van der Waals surface area contributed by atoms with Crippen molar-refractivity contribution in [1.82, 2.24) is 15.2 Å². The molecule has 1 aromatic rings. The second-order valence-corrected chi connectivity index (χ2v) is 6.73. The first-order valence-corrected chi connectivity index (χ1v) is 9.70. The first-order valence-electron chi connectivity index (χ1n) is 9.70. The molecular formula is C20H33IN4O3. The number of likely N-dealkylation sites (tertiary alicyclic amines) is 1. The van der Waals surface area contributed by atoms with Gasteiger partial charge in [0.05, 0.1) is 31.9 Å². The third kappa shape index (κ3) is 6.22. The van der Waals surface area contributed by atoms with Crippen LogP contribution in [0, 0.1) is 19.8 Å². The molecule has 0 radical (unpaired) electrons. The Hall–Kier alpha value is -1.58. The van der Waals surface area contributed by atoms with Gasteiger partial charge in [-0.1, -0.05) is 0 Å². The maximum Gasteiger partial charge on any atom is 0.309 e. The molecule has 1 N–H and O–H groups in total. The zero-order valence-corrected chi connectivity index (χ0v) is 19.9. The number of carbonyl (C=O) groups is 1. The number of methoxy groups -OCH3 is 1. The van der Waals surface area contributed by atoms with Crippen LogP contribution in [0.3, 0.4) is 0 Å². The summed E-state index contributed by atoms with van der Waals surface area (Å²) in [7, 11) is 1.68. The van der Waals surface area contributed by atoms with Gasteiger partial charge < -0.3 is 19.7 Å². The number of piperidine rings is 1. The van der Waals surface area contributed by atoms with E-state index in [2.05, 4.69) is 22.1 Å². The number of guanidine groups is 1. The monoisotopic (exact) mass is 504 g/mol. The molecule has 0 saturated carbocycles. The number of nitrogens with one attached hydrogen (secondary N) is 1. The molecule has 158 valence electrons. The molecule has 2 rings (SSSR count). The standard InChI is InChI=1S/C20H32N4O3.HI/c1-6-21-20(24-10-8-16(9-11-24)19(25)27-7-2)23-13-17-15(4)18(26-5)14(3)12-22-17;/h12,16H,6-11,13H2,1-5H3,(H,21,23);1H. The molecule has 0 amide bonds. The second kappa shape index (κ2) is 12.1. The highest BCUT2D eigenvalue weighted by atomic mass is 127. The van der Waals surface area contributed by atoms with Gasteiger partial charge in [0.15, 0.2) is 5.96 Å². The largest absolute Gasteiger partial charge is 0.496 e. The minimum absolute atomic E-state index is 0. The summed E-state index contributed by atoms with van der Waals surface area (Å²) in [6.07, 6.45) is 3.41. The topological polar surface area (TPSA) is 76.1 Å². The third-order valence-corrected chi connectivity index (χ3v) is 4.88. The molecule has 0 aromatic carbocycles. The van der Waals surface area contributed by atoms with Crippen molar-refractivity contribution < 1.29 is 14.3 Å². The predicted molar refractivity (Wildman–Crippen MR) is 121 cm³/mol. The molecule has 28 heavy (non-hydrogen) atoms. The van der Waals surface area contributed by atoms with Crippen LogP contribution in [0.2, 0.25) is 0 Å². The Labute approximate surface area is 185 Å². The van der Waals surface area contributed by atoms with Crippen molar-refractivity contribution in [3.05, 3.63) is 23.0 Å². The van der Waals surface area contributed by atoms with Crippen LogP contribution in [0.4, 0.5) is 0 Å². The lowest BCUT2D eigenvalue weighted by Crippen LogP contribution is -2.46. The lowest BCUT2D eigenvalue weighted by molar-refractivity contribution is -0.149. The third-order valence-electron chi connectivity index (χ3n) is 4.88. The quantitative estimate of drug-likeness (QED) is 0.278. The highest BCUT2D eigenvalue weighted by Crippen LogP contribution is 2.24. The van der Waals surface area contributed by atoms with Crippen molar-refractivity contribution in [1.29, 1.82) is 0 Å². The fraction of sp³-hybridized carbons (Fsp3) is 0.650. The maximum atomic E-state index is 11.9. The molecular weight excluding hydrogens is 471 g/mol. The van der Waals surface area contributed by atoms with Gasteiger partial charge in [0, 0.05) is 37.0 Å². The number of esters is 1. The van der Waals surface area contributed by atoms with E-state index in [9.17, 15) is 4.79 Å². The summed E-state index contributed by atoms with van der Waals surface area (Å²) < 4.78 is 10.6. The van der Waals surface area contributed by atoms with Crippen molar-refractivity contribution in [2.75, 3.05) is 33.4 Å². The zero-order chi connectivity index (χ0) is 19.8. The molecule has 8 heteroatoms. The zero-order valence-electron chi connectivity index (χ0n) is 17.6. The molecule has 1 aromatic heterocycles. The summed E-state index contributed by atoms with van der Waals surface area (Å²) in [6, 6.07) is 0. The van der Waals surface area contributed by atoms with Crippen molar-refractivity contribution in [2.45, 2.75) is 47.1 Å². The summed E-state index contributed by atoms with van der Waals surface area (Å²) in [5, 5.41) is 3.35. The number of carbonyl (C=O) groups excluding carboxylic acids is 1. The van der Waals surface area contributed by atoms with E-state index in [-0.39, 0.29) is 35.9 Å². The van der Waals surface area contributed by atoms with E-state index < -0.39 is 0 Å². The highest BCUT2D eigenvalue weighted by molar-refractivity contribution is 14.0. The van der Waals surface area contributed by atoms with Gasteiger partial charge in [-0.15, -0.1) is 24.0 Å². The van der Waals surface area contributed by atoms with Crippen LogP contribution in [0.5, 0.6) is 5.75 Å². The number of hydrogen-bond donors (Lipinski definition) is 1. The molecule has 1 aliphatic rings. The van der Waals surface area contributed by atoms with Gasteiger partial charge in [0.1, 0.15) is 5.75 Å². The molecule has 1 saturated heterocycles. The fourth-order valence-electron chi connectivity index (χ4n) is 3.39. The fourth-order valence-corrected chi connectivity index (χ4v) is 3.39. The molecule has 0 aliphatic carbocycles. The van der Waals surface area contributed by atoms with Gasteiger partial charge in [0.2, 0.25) is 0 Å². The Balaban J connectivity index is 0.00000392. The van der Waals surface area contributed by atoms with E-state index in [0.29, 0.717) is 13.2 Å². The number of aryl methyl sites for hydroxylation is 1. The number of aromatic nitrogens is 1. The van der Waals surface area contributed by atoms with Crippen molar-refractivity contribution >= 4 is 35.9 Å². The number of aliphatic imine (C=N–C) groups is 1. The minimum Gasteiger partial charge on any atom is -0.496 e. The molecule has 0 atom stereocenters. The normalized spacial score (nSPS) is 15.0. The molecule has 0 bridgehead atoms. The average Bonchev–Trinajstić information content (AvgIpc) is 2.67. The number of rotatable bonds is 6. The van der Waals surface area contributed by atoms with E-state index >= 15 is 0 Å². The van der Waals surface area contributed by atoms with Gasteiger partial charge in [-0.2, -0.15) is 0 Å². The number of nitrogens with zero attached hydrogens (tertiary/aromatic N) is 3. The molecule has 1 fully saturated rings. The summed E-state index contributed by atoms with van der Waals surface area (Å²) in [5.41, 5.74) is 2.96. The summed E-state index contributed by atoms with van der Waals surface area (Å²) in [6.45, 7) is 11.2.